The second-order valence-corrected chi connectivity index (χ2v) is 6.29. The molecule has 0 N–H and O–H groups in total. The third kappa shape index (κ3) is 2.30. The van der Waals surface area contributed by atoms with Gasteiger partial charge >= 0.3 is 0 Å². The number of Topliss-reactive ketones (excluding diaryl/α,β-unsaturated/α-hetero) is 2. The fraction of sp³-hybridized carbons (Fsp3) is 0.300. The van der Waals surface area contributed by atoms with Gasteiger partial charge in [-0.3, -0.25) is 9.59 Å². The lowest BCUT2D eigenvalue weighted by molar-refractivity contribution is -0.136. The first-order valence-electron chi connectivity index (χ1n) is 8.19. The van der Waals surface area contributed by atoms with Gasteiger partial charge in [0.1, 0.15) is 28.8 Å². The Morgan fingerprint density at radius 3 is 2.38 bits per heavy atom. The number of para-hydroxylation sites is 1. The zero-order valence-electron chi connectivity index (χ0n) is 13.5. The van der Waals surface area contributed by atoms with E-state index in [1.807, 2.05) is 42.5 Å². The Labute approximate surface area is 140 Å². The lowest BCUT2D eigenvalue weighted by atomic mass is 9.71. The van der Waals surface area contributed by atoms with E-state index in [0.717, 1.165) is 11.1 Å². The summed E-state index contributed by atoms with van der Waals surface area (Å²) in [5.41, 5.74) is 1.74. The van der Waals surface area contributed by atoms with Crippen molar-refractivity contribution in [3.05, 3.63) is 53.6 Å². The predicted molar refractivity (Wildman–Crippen MR) is 88.7 cm³/mol. The Hall–Kier alpha value is -2.62. The van der Waals surface area contributed by atoms with Gasteiger partial charge in [0.2, 0.25) is 0 Å². The molecule has 1 heterocycles. The van der Waals surface area contributed by atoms with Gasteiger partial charge in [0, 0.05) is 29.9 Å². The number of hydrogen-bond acceptors (Lipinski definition) is 4. The van der Waals surface area contributed by atoms with Gasteiger partial charge in [-0.2, -0.15) is 0 Å². The van der Waals surface area contributed by atoms with Gasteiger partial charge in [-0.1, -0.05) is 18.2 Å². The fourth-order valence-corrected chi connectivity index (χ4v) is 3.76. The second kappa shape index (κ2) is 5.78. The van der Waals surface area contributed by atoms with Crippen molar-refractivity contribution < 1.29 is 19.1 Å². The summed E-state index contributed by atoms with van der Waals surface area (Å²) in [6.07, 6.45) is 1.59. The van der Waals surface area contributed by atoms with Crippen LogP contribution in [0.25, 0.3) is 0 Å². The van der Waals surface area contributed by atoms with E-state index < -0.39 is 5.92 Å². The molecule has 1 aliphatic carbocycles. The SMILES string of the molecule is COc1ccc2c(c1)[C@@H](C1C(=O)CCCC1=O)c1ccccc1O2. The molecular weight excluding hydrogens is 304 g/mol. The second-order valence-electron chi connectivity index (χ2n) is 6.29. The highest BCUT2D eigenvalue weighted by Gasteiger charge is 2.42. The Kier molecular flexibility index (Phi) is 3.60. The van der Waals surface area contributed by atoms with Gasteiger partial charge < -0.3 is 9.47 Å². The van der Waals surface area contributed by atoms with Crippen molar-refractivity contribution in [3.63, 3.8) is 0 Å². The van der Waals surface area contributed by atoms with Crippen LogP contribution in [0.2, 0.25) is 0 Å². The third-order valence-corrected chi connectivity index (χ3v) is 4.90. The summed E-state index contributed by atoms with van der Waals surface area (Å²) in [6.45, 7) is 0. The average molecular weight is 322 g/mol. The molecule has 1 saturated carbocycles. The van der Waals surface area contributed by atoms with E-state index in [1.54, 1.807) is 7.11 Å². The monoisotopic (exact) mass is 322 g/mol. The summed E-state index contributed by atoms with van der Waals surface area (Å²) in [7, 11) is 1.60. The van der Waals surface area contributed by atoms with Crippen molar-refractivity contribution >= 4 is 11.6 Å². The van der Waals surface area contributed by atoms with E-state index in [9.17, 15) is 9.59 Å². The molecular formula is C20H18O4. The van der Waals surface area contributed by atoms with Crippen LogP contribution in [0.3, 0.4) is 0 Å². The molecule has 1 fully saturated rings. The number of hydrogen-bond donors (Lipinski definition) is 0. The van der Waals surface area contributed by atoms with Crippen LogP contribution >= 0.6 is 0 Å². The number of methoxy groups -OCH3 is 1. The molecule has 0 bridgehead atoms. The molecule has 0 spiro atoms. The smallest absolute Gasteiger partial charge is 0.144 e. The summed E-state index contributed by atoms with van der Waals surface area (Å²) in [5.74, 6) is 1.22. The number of rotatable bonds is 2. The van der Waals surface area contributed by atoms with Crippen LogP contribution < -0.4 is 9.47 Å². The highest BCUT2D eigenvalue weighted by Crippen LogP contribution is 2.49. The quantitative estimate of drug-likeness (QED) is 0.788. The highest BCUT2D eigenvalue weighted by molar-refractivity contribution is 6.06. The van der Waals surface area contributed by atoms with Crippen LogP contribution in [0.5, 0.6) is 17.2 Å². The van der Waals surface area contributed by atoms with E-state index >= 15 is 0 Å². The maximum absolute atomic E-state index is 12.6. The molecule has 2 aliphatic rings. The van der Waals surface area contributed by atoms with Crippen molar-refractivity contribution in [3.8, 4) is 17.2 Å². The first-order valence-corrected chi connectivity index (χ1v) is 8.19. The molecule has 2 aromatic rings. The Balaban J connectivity index is 1.91. The molecule has 4 heteroatoms. The van der Waals surface area contributed by atoms with Crippen molar-refractivity contribution in [1.29, 1.82) is 0 Å². The molecule has 4 rings (SSSR count). The summed E-state index contributed by atoms with van der Waals surface area (Å²) in [5, 5.41) is 0. The number of carbonyl (C=O) groups is 2. The van der Waals surface area contributed by atoms with Crippen LogP contribution in [0.15, 0.2) is 42.5 Å². The van der Waals surface area contributed by atoms with Crippen LogP contribution in [0.1, 0.15) is 36.3 Å². The number of carbonyl (C=O) groups excluding carboxylic acids is 2. The first kappa shape index (κ1) is 14.9. The molecule has 1 atom stereocenters. The molecule has 24 heavy (non-hydrogen) atoms. The number of ketones is 2. The molecule has 4 nitrogen and oxygen atoms in total. The minimum absolute atomic E-state index is 0.0294. The van der Waals surface area contributed by atoms with Crippen molar-refractivity contribution in [2.24, 2.45) is 5.92 Å². The predicted octanol–water partition coefficient (Wildman–Crippen LogP) is 3.87. The zero-order chi connectivity index (χ0) is 16.7. The topological polar surface area (TPSA) is 52.6 Å². The Bertz CT molecular complexity index is 808. The molecule has 122 valence electrons. The Morgan fingerprint density at radius 2 is 1.62 bits per heavy atom. The van der Waals surface area contributed by atoms with Gasteiger partial charge in [0.05, 0.1) is 13.0 Å². The molecule has 0 aromatic heterocycles. The van der Waals surface area contributed by atoms with E-state index in [0.29, 0.717) is 36.5 Å². The summed E-state index contributed by atoms with van der Waals surface area (Å²) < 4.78 is 11.3. The largest absolute Gasteiger partial charge is 0.497 e. The molecule has 0 unspecified atom stereocenters. The van der Waals surface area contributed by atoms with Crippen LogP contribution in [-0.2, 0) is 9.59 Å². The summed E-state index contributed by atoms with van der Waals surface area (Å²) in [4.78, 5) is 25.2. The van der Waals surface area contributed by atoms with Crippen molar-refractivity contribution in [2.75, 3.05) is 7.11 Å². The molecule has 2 aromatic carbocycles. The molecule has 0 radical (unpaired) electrons. The van der Waals surface area contributed by atoms with Crippen molar-refractivity contribution in [1.82, 2.24) is 0 Å². The lowest BCUT2D eigenvalue weighted by Gasteiger charge is -2.34. The number of benzene rings is 2. The van der Waals surface area contributed by atoms with E-state index in [4.69, 9.17) is 9.47 Å². The van der Waals surface area contributed by atoms with Crippen LogP contribution in [-0.4, -0.2) is 18.7 Å². The van der Waals surface area contributed by atoms with Gasteiger partial charge in [0.25, 0.3) is 0 Å². The van der Waals surface area contributed by atoms with Gasteiger partial charge in [-0.05, 0) is 30.7 Å². The first-order chi connectivity index (χ1) is 11.7. The van der Waals surface area contributed by atoms with Gasteiger partial charge in [-0.25, -0.2) is 0 Å². The summed E-state index contributed by atoms with van der Waals surface area (Å²) in [6, 6.07) is 13.2. The normalized spacial score (nSPS) is 20.1. The number of fused-ring (bicyclic) bond motifs is 2. The fourth-order valence-electron chi connectivity index (χ4n) is 3.76. The lowest BCUT2D eigenvalue weighted by Crippen LogP contribution is -2.35. The zero-order valence-corrected chi connectivity index (χ0v) is 13.5. The van der Waals surface area contributed by atoms with Crippen LogP contribution in [0.4, 0.5) is 0 Å². The van der Waals surface area contributed by atoms with Gasteiger partial charge in [0.15, 0.2) is 0 Å². The van der Waals surface area contributed by atoms with E-state index in [2.05, 4.69) is 0 Å². The minimum Gasteiger partial charge on any atom is -0.497 e. The third-order valence-electron chi connectivity index (χ3n) is 4.90. The number of ether oxygens (including phenoxy) is 2. The van der Waals surface area contributed by atoms with E-state index in [1.165, 1.54) is 0 Å². The van der Waals surface area contributed by atoms with E-state index in [-0.39, 0.29) is 17.5 Å². The maximum Gasteiger partial charge on any atom is 0.144 e. The summed E-state index contributed by atoms with van der Waals surface area (Å²) >= 11 is 0. The molecule has 0 amide bonds. The minimum atomic E-state index is -0.630. The van der Waals surface area contributed by atoms with Crippen molar-refractivity contribution in [2.45, 2.75) is 25.2 Å². The van der Waals surface area contributed by atoms with Gasteiger partial charge in [-0.15, -0.1) is 0 Å². The maximum atomic E-state index is 12.6. The average Bonchev–Trinajstić information content (AvgIpc) is 2.60. The van der Waals surface area contributed by atoms with Crippen LogP contribution in [0, 0.1) is 5.92 Å². The molecule has 1 aliphatic heterocycles. The molecule has 0 saturated heterocycles. The highest BCUT2D eigenvalue weighted by atomic mass is 16.5. The standard InChI is InChI=1S/C20H18O4/c1-23-12-9-10-18-14(11-12)19(13-5-2-3-8-17(13)24-18)20-15(21)6-4-7-16(20)22/h2-3,5,8-11,19-20H,4,6-7H2,1H3/t19-/m0/s1. The Morgan fingerprint density at radius 1 is 0.917 bits per heavy atom.